The second-order valence-electron chi connectivity index (χ2n) is 3.55. The molecular formula is C11H9ClF3N. The first-order chi connectivity index (χ1) is 7.47. The lowest BCUT2D eigenvalue weighted by molar-refractivity contribution is -0.136. The predicted molar refractivity (Wildman–Crippen MR) is 57.6 cm³/mol. The molecule has 0 radical (unpaired) electrons. The number of fused-ring (bicyclic) bond motifs is 1. The maximum Gasteiger partial charge on any atom is 0.390 e. The maximum atomic E-state index is 12.1. The predicted octanol–water partition coefficient (Wildman–Crippen LogP) is 4.25. The number of aryl methyl sites for hydroxylation is 1. The average molecular weight is 248 g/mol. The van der Waals surface area contributed by atoms with Gasteiger partial charge in [0.25, 0.3) is 0 Å². The van der Waals surface area contributed by atoms with Crippen LogP contribution >= 0.6 is 11.6 Å². The minimum absolute atomic E-state index is 0.100. The Morgan fingerprint density at radius 1 is 1.19 bits per heavy atom. The SMILES string of the molecule is FC(F)(F)CCn1ccc2cccc(Cl)c21. The van der Waals surface area contributed by atoms with Gasteiger partial charge < -0.3 is 4.57 Å². The molecule has 0 fully saturated rings. The summed E-state index contributed by atoms with van der Waals surface area (Å²) in [6, 6.07) is 7.04. The van der Waals surface area contributed by atoms with E-state index in [1.807, 2.05) is 6.07 Å². The van der Waals surface area contributed by atoms with Crippen molar-refractivity contribution >= 4 is 22.5 Å². The van der Waals surface area contributed by atoms with Crippen LogP contribution in [0.5, 0.6) is 0 Å². The first-order valence-electron chi connectivity index (χ1n) is 4.77. The second-order valence-corrected chi connectivity index (χ2v) is 3.96. The van der Waals surface area contributed by atoms with Gasteiger partial charge in [-0.05, 0) is 12.1 Å². The van der Waals surface area contributed by atoms with Gasteiger partial charge in [-0.3, -0.25) is 0 Å². The Morgan fingerprint density at radius 3 is 2.62 bits per heavy atom. The molecule has 0 aliphatic carbocycles. The van der Waals surface area contributed by atoms with Crippen LogP contribution in [0.25, 0.3) is 10.9 Å². The van der Waals surface area contributed by atoms with Gasteiger partial charge in [0, 0.05) is 18.1 Å². The summed E-state index contributed by atoms with van der Waals surface area (Å²) in [5, 5.41) is 1.33. The largest absolute Gasteiger partial charge is 0.390 e. The summed E-state index contributed by atoms with van der Waals surface area (Å²) >= 11 is 5.95. The third-order valence-corrected chi connectivity index (χ3v) is 2.68. The Labute approximate surface area is 95.4 Å². The zero-order chi connectivity index (χ0) is 11.8. The third-order valence-electron chi connectivity index (χ3n) is 2.38. The molecule has 1 aromatic carbocycles. The molecule has 0 aliphatic rings. The smallest absolute Gasteiger partial charge is 0.346 e. The third kappa shape index (κ3) is 2.32. The minimum Gasteiger partial charge on any atom is -0.346 e. The van der Waals surface area contributed by atoms with Crippen LogP contribution < -0.4 is 0 Å². The molecule has 1 heterocycles. The Hall–Kier alpha value is -1.16. The van der Waals surface area contributed by atoms with E-state index in [2.05, 4.69) is 0 Å². The summed E-state index contributed by atoms with van der Waals surface area (Å²) in [5.74, 6) is 0. The highest BCUT2D eigenvalue weighted by molar-refractivity contribution is 6.35. The summed E-state index contributed by atoms with van der Waals surface area (Å²) in [6.45, 7) is -0.100. The lowest BCUT2D eigenvalue weighted by Gasteiger charge is -2.09. The standard InChI is InChI=1S/C11H9ClF3N/c12-9-3-1-2-8-4-6-16(10(8)9)7-5-11(13,14)15/h1-4,6H,5,7H2. The molecule has 0 spiro atoms. The highest BCUT2D eigenvalue weighted by atomic mass is 35.5. The van der Waals surface area contributed by atoms with E-state index in [1.165, 1.54) is 4.57 Å². The number of hydrogen-bond donors (Lipinski definition) is 0. The molecule has 5 heteroatoms. The molecule has 0 atom stereocenters. The highest BCUT2D eigenvalue weighted by Crippen LogP contribution is 2.26. The van der Waals surface area contributed by atoms with Crippen molar-refractivity contribution in [2.75, 3.05) is 0 Å². The van der Waals surface area contributed by atoms with Crippen molar-refractivity contribution in [3.8, 4) is 0 Å². The summed E-state index contributed by atoms with van der Waals surface area (Å²) in [4.78, 5) is 0. The fraction of sp³-hybridized carbons (Fsp3) is 0.273. The van der Waals surface area contributed by atoms with Crippen LogP contribution in [-0.2, 0) is 6.54 Å². The molecule has 0 aliphatic heterocycles. The summed E-state index contributed by atoms with van der Waals surface area (Å²) in [5.41, 5.74) is 0.661. The van der Waals surface area contributed by atoms with Crippen molar-refractivity contribution in [2.45, 2.75) is 19.1 Å². The molecule has 0 amide bonds. The Bertz CT molecular complexity index is 501. The molecule has 0 unspecified atom stereocenters. The van der Waals surface area contributed by atoms with Gasteiger partial charge in [0.2, 0.25) is 0 Å². The lowest BCUT2D eigenvalue weighted by Crippen LogP contribution is -2.11. The minimum atomic E-state index is -4.14. The summed E-state index contributed by atoms with van der Waals surface area (Å²) in [6.07, 6.45) is -3.36. The van der Waals surface area contributed by atoms with E-state index in [4.69, 9.17) is 11.6 Å². The van der Waals surface area contributed by atoms with Gasteiger partial charge in [0.15, 0.2) is 0 Å². The van der Waals surface area contributed by atoms with Gasteiger partial charge in [-0.25, -0.2) is 0 Å². The van der Waals surface area contributed by atoms with Crippen molar-refractivity contribution in [3.05, 3.63) is 35.5 Å². The van der Waals surface area contributed by atoms with Crippen LogP contribution in [0.1, 0.15) is 6.42 Å². The number of aromatic nitrogens is 1. The maximum absolute atomic E-state index is 12.1. The van der Waals surface area contributed by atoms with Gasteiger partial charge in [-0.2, -0.15) is 13.2 Å². The van der Waals surface area contributed by atoms with Crippen LogP contribution in [0.4, 0.5) is 13.2 Å². The Morgan fingerprint density at radius 2 is 1.94 bits per heavy atom. The van der Waals surface area contributed by atoms with Crippen LogP contribution in [0, 0.1) is 0 Å². The highest BCUT2D eigenvalue weighted by Gasteiger charge is 2.26. The van der Waals surface area contributed by atoms with Gasteiger partial charge in [0.1, 0.15) is 0 Å². The fourth-order valence-electron chi connectivity index (χ4n) is 1.65. The number of alkyl halides is 3. The van der Waals surface area contributed by atoms with E-state index < -0.39 is 12.6 Å². The van der Waals surface area contributed by atoms with Crippen molar-refractivity contribution in [1.29, 1.82) is 0 Å². The zero-order valence-electron chi connectivity index (χ0n) is 8.26. The molecule has 1 nitrogen and oxygen atoms in total. The van der Waals surface area contributed by atoms with Gasteiger partial charge >= 0.3 is 6.18 Å². The summed E-state index contributed by atoms with van der Waals surface area (Å²) in [7, 11) is 0. The quantitative estimate of drug-likeness (QED) is 0.748. The van der Waals surface area contributed by atoms with Gasteiger partial charge in [-0.15, -0.1) is 0 Å². The van der Waals surface area contributed by atoms with E-state index in [0.717, 1.165) is 5.39 Å². The van der Waals surface area contributed by atoms with Gasteiger partial charge in [0.05, 0.1) is 17.0 Å². The topological polar surface area (TPSA) is 4.93 Å². The molecule has 2 rings (SSSR count). The van der Waals surface area contributed by atoms with Gasteiger partial charge in [-0.1, -0.05) is 23.7 Å². The summed E-state index contributed by atoms with van der Waals surface area (Å²) < 4.78 is 37.8. The monoisotopic (exact) mass is 247 g/mol. The van der Waals surface area contributed by atoms with Crippen LogP contribution in [-0.4, -0.2) is 10.7 Å². The molecule has 0 saturated heterocycles. The lowest BCUT2D eigenvalue weighted by atomic mass is 10.2. The normalized spacial score (nSPS) is 12.2. The van der Waals surface area contributed by atoms with E-state index >= 15 is 0 Å². The van der Waals surface area contributed by atoms with Crippen molar-refractivity contribution in [2.24, 2.45) is 0 Å². The molecular weight excluding hydrogens is 239 g/mol. The first kappa shape index (κ1) is 11.3. The van der Waals surface area contributed by atoms with Crippen LogP contribution in [0.15, 0.2) is 30.5 Å². The second kappa shape index (κ2) is 4.01. The molecule has 16 heavy (non-hydrogen) atoms. The Balaban J connectivity index is 2.32. The zero-order valence-corrected chi connectivity index (χ0v) is 9.02. The van der Waals surface area contributed by atoms with Crippen molar-refractivity contribution in [1.82, 2.24) is 4.57 Å². The number of hydrogen-bond acceptors (Lipinski definition) is 0. The van der Waals surface area contributed by atoms with Crippen molar-refractivity contribution in [3.63, 3.8) is 0 Å². The first-order valence-corrected chi connectivity index (χ1v) is 5.15. The number of para-hydroxylation sites is 1. The van der Waals surface area contributed by atoms with Crippen LogP contribution in [0.3, 0.4) is 0 Å². The molecule has 0 bridgehead atoms. The van der Waals surface area contributed by atoms with E-state index in [9.17, 15) is 13.2 Å². The molecule has 2 aromatic rings. The van der Waals surface area contributed by atoms with E-state index in [1.54, 1.807) is 24.4 Å². The Kier molecular flexibility index (Phi) is 2.84. The van der Waals surface area contributed by atoms with E-state index in [-0.39, 0.29) is 6.54 Å². The molecule has 1 aromatic heterocycles. The number of benzene rings is 1. The molecule has 0 N–H and O–H groups in total. The van der Waals surface area contributed by atoms with Crippen molar-refractivity contribution < 1.29 is 13.2 Å². The number of rotatable bonds is 2. The number of halogens is 4. The van der Waals surface area contributed by atoms with E-state index in [0.29, 0.717) is 10.5 Å². The fourth-order valence-corrected chi connectivity index (χ4v) is 1.94. The number of nitrogens with zero attached hydrogens (tertiary/aromatic N) is 1. The van der Waals surface area contributed by atoms with Crippen LogP contribution in [0.2, 0.25) is 5.02 Å². The molecule has 0 saturated carbocycles. The molecule has 86 valence electrons. The average Bonchev–Trinajstić information content (AvgIpc) is 2.58.